The number of carbonyl (C=O) groups is 1. The molecule has 0 bridgehead atoms. The molecule has 2 aromatic carbocycles. The number of pyridine rings is 1. The molecular weight excluding hydrogens is 492 g/mol. The van der Waals surface area contributed by atoms with Crippen molar-refractivity contribution in [2.45, 2.75) is 38.1 Å². The van der Waals surface area contributed by atoms with E-state index in [9.17, 15) is 18.3 Å². The minimum absolute atomic E-state index is 0.0715. The fourth-order valence-corrected chi connectivity index (χ4v) is 5.86. The lowest BCUT2D eigenvalue weighted by Gasteiger charge is -2.39. The van der Waals surface area contributed by atoms with Crippen molar-refractivity contribution >= 4 is 38.4 Å². The molecule has 3 aromatic rings. The summed E-state index contributed by atoms with van der Waals surface area (Å²) in [5.74, 6) is 0.712. The van der Waals surface area contributed by atoms with Gasteiger partial charge in [-0.1, -0.05) is 13.8 Å². The molecule has 37 heavy (non-hydrogen) atoms. The zero-order chi connectivity index (χ0) is 26.7. The summed E-state index contributed by atoms with van der Waals surface area (Å²) < 4.78 is 33.3. The first-order valence-corrected chi connectivity index (χ1v) is 13.9. The van der Waals surface area contributed by atoms with Crippen LogP contribution in [0.3, 0.4) is 0 Å². The molecule has 1 fully saturated rings. The van der Waals surface area contributed by atoms with Crippen molar-refractivity contribution in [3.8, 4) is 5.75 Å². The summed E-state index contributed by atoms with van der Waals surface area (Å²) in [6, 6.07) is 12.9. The second kappa shape index (κ2) is 10.9. The first-order chi connectivity index (χ1) is 17.6. The van der Waals surface area contributed by atoms with Gasteiger partial charge in [0.1, 0.15) is 11.6 Å². The third-order valence-corrected chi connectivity index (χ3v) is 8.12. The van der Waals surface area contributed by atoms with Gasteiger partial charge in [0, 0.05) is 43.3 Å². The largest absolute Gasteiger partial charge is 0.497 e. The third-order valence-electron chi connectivity index (χ3n) is 6.72. The van der Waals surface area contributed by atoms with Gasteiger partial charge in [0.05, 0.1) is 23.1 Å². The molecule has 1 aliphatic rings. The van der Waals surface area contributed by atoms with Gasteiger partial charge in [0.15, 0.2) is 0 Å². The van der Waals surface area contributed by atoms with Crippen molar-refractivity contribution in [3.05, 3.63) is 54.1 Å². The molecule has 2 N–H and O–H groups in total. The zero-order valence-corrected chi connectivity index (χ0v) is 22.5. The Balaban J connectivity index is 1.57. The van der Waals surface area contributed by atoms with Crippen LogP contribution in [0.1, 0.15) is 37.6 Å². The Hall–Kier alpha value is -3.37. The Morgan fingerprint density at radius 1 is 1.05 bits per heavy atom. The molecule has 0 amide bonds. The Bertz CT molecular complexity index is 1370. The number of hydrogen-bond donors (Lipinski definition) is 2. The number of rotatable bonds is 9. The SMILES string of the molecule is COc1ccc(S(=O)(=O)Nc2ccc3nc(N4CCN([C@@H](C)CC(C)C)CC4)cc(C(=O)O)c3c2)cc1. The lowest BCUT2D eigenvalue weighted by Crippen LogP contribution is -2.50. The van der Waals surface area contributed by atoms with Crippen LogP contribution in [-0.2, 0) is 10.0 Å². The third kappa shape index (κ3) is 6.14. The number of anilines is 2. The molecule has 10 heteroatoms. The quantitative estimate of drug-likeness (QED) is 0.425. The van der Waals surface area contributed by atoms with Crippen molar-refractivity contribution in [3.63, 3.8) is 0 Å². The minimum Gasteiger partial charge on any atom is -0.497 e. The number of nitrogens with one attached hydrogen (secondary N) is 1. The molecule has 0 saturated carbocycles. The van der Waals surface area contributed by atoms with Crippen LogP contribution < -0.4 is 14.4 Å². The molecule has 198 valence electrons. The van der Waals surface area contributed by atoms with Crippen LogP contribution in [0.25, 0.3) is 10.9 Å². The number of aromatic nitrogens is 1. The van der Waals surface area contributed by atoms with Crippen LogP contribution in [0.2, 0.25) is 0 Å². The molecule has 1 aromatic heterocycles. The number of ether oxygens (including phenoxy) is 1. The van der Waals surface area contributed by atoms with Crippen molar-refractivity contribution in [2.24, 2.45) is 5.92 Å². The lowest BCUT2D eigenvalue weighted by atomic mass is 10.0. The van der Waals surface area contributed by atoms with Gasteiger partial charge < -0.3 is 14.7 Å². The summed E-state index contributed by atoms with van der Waals surface area (Å²) in [6.45, 7) is 10.0. The minimum atomic E-state index is -3.87. The molecule has 0 spiro atoms. The van der Waals surface area contributed by atoms with E-state index in [1.54, 1.807) is 30.3 Å². The number of hydrogen-bond acceptors (Lipinski definition) is 7. The highest BCUT2D eigenvalue weighted by atomic mass is 32.2. The molecule has 1 aliphatic heterocycles. The number of benzene rings is 2. The Morgan fingerprint density at radius 2 is 1.73 bits per heavy atom. The van der Waals surface area contributed by atoms with E-state index in [-0.39, 0.29) is 16.1 Å². The average molecular weight is 527 g/mol. The lowest BCUT2D eigenvalue weighted by molar-refractivity contribution is 0.0699. The van der Waals surface area contributed by atoms with Crippen molar-refractivity contribution in [1.29, 1.82) is 0 Å². The Labute approximate surface area is 218 Å². The molecule has 4 rings (SSSR count). The van der Waals surface area contributed by atoms with Crippen LogP contribution in [0, 0.1) is 5.92 Å². The number of carboxylic acid groups (broad SMARTS) is 1. The fraction of sp³-hybridized carbons (Fsp3) is 0.407. The molecule has 1 atom stereocenters. The first kappa shape index (κ1) is 26.7. The molecule has 2 heterocycles. The maximum atomic E-state index is 12.9. The normalized spacial score (nSPS) is 15.6. The van der Waals surface area contributed by atoms with E-state index in [4.69, 9.17) is 9.72 Å². The van der Waals surface area contributed by atoms with E-state index < -0.39 is 16.0 Å². The smallest absolute Gasteiger partial charge is 0.336 e. The van der Waals surface area contributed by atoms with Gasteiger partial charge in [-0.25, -0.2) is 18.2 Å². The van der Waals surface area contributed by atoms with Gasteiger partial charge in [-0.2, -0.15) is 0 Å². The van der Waals surface area contributed by atoms with Gasteiger partial charge in [-0.3, -0.25) is 9.62 Å². The van der Waals surface area contributed by atoms with E-state index >= 15 is 0 Å². The monoisotopic (exact) mass is 526 g/mol. The Morgan fingerprint density at radius 3 is 2.32 bits per heavy atom. The van der Waals surface area contributed by atoms with Gasteiger partial charge >= 0.3 is 5.97 Å². The molecule has 9 nitrogen and oxygen atoms in total. The molecule has 0 aliphatic carbocycles. The van der Waals surface area contributed by atoms with Crippen LogP contribution in [0.4, 0.5) is 11.5 Å². The highest BCUT2D eigenvalue weighted by Crippen LogP contribution is 2.28. The van der Waals surface area contributed by atoms with E-state index in [0.29, 0.717) is 34.4 Å². The van der Waals surface area contributed by atoms with E-state index in [2.05, 4.69) is 35.3 Å². The van der Waals surface area contributed by atoms with Gasteiger partial charge in [0.25, 0.3) is 10.0 Å². The molecule has 0 unspecified atom stereocenters. The number of methoxy groups -OCH3 is 1. The molecule has 1 saturated heterocycles. The standard InChI is InChI=1S/C27H34N4O5S/c1-18(2)15-19(3)30-11-13-31(14-12-30)26-17-24(27(32)33)23-16-20(5-10-25(23)28-26)29-37(34,35)22-8-6-21(36-4)7-9-22/h5-10,16-19,29H,11-15H2,1-4H3,(H,32,33)/t19-/m0/s1. The number of piperazine rings is 1. The van der Waals surface area contributed by atoms with Crippen LogP contribution >= 0.6 is 0 Å². The predicted octanol–water partition coefficient (Wildman–Crippen LogP) is 4.30. The summed E-state index contributed by atoms with van der Waals surface area (Å²) in [4.78, 5) is 21.6. The van der Waals surface area contributed by atoms with Gasteiger partial charge in [-0.15, -0.1) is 0 Å². The maximum Gasteiger partial charge on any atom is 0.336 e. The summed E-state index contributed by atoms with van der Waals surface area (Å²) in [7, 11) is -2.37. The predicted molar refractivity (Wildman–Crippen MR) is 145 cm³/mol. The van der Waals surface area contributed by atoms with E-state index in [1.807, 2.05) is 0 Å². The second-order valence-electron chi connectivity index (χ2n) is 9.85. The first-order valence-electron chi connectivity index (χ1n) is 12.4. The highest BCUT2D eigenvalue weighted by Gasteiger charge is 2.24. The van der Waals surface area contributed by atoms with Crippen LogP contribution in [0.5, 0.6) is 5.75 Å². The fourth-order valence-electron chi connectivity index (χ4n) is 4.81. The average Bonchev–Trinajstić information content (AvgIpc) is 2.87. The van der Waals surface area contributed by atoms with Gasteiger partial charge in [0.2, 0.25) is 0 Å². The van der Waals surface area contributed by atoms with Crippen molar-refractivity contribution in [1.82, 2.24) is 9.88 Å². The number of carboxylic acids is 1. The van der Waals surface area contributed by atoms with Crippen LogP contribution in [-0.4, -0.2) is 68.7 Å². The highest BCUT2D eigenvalue weighted by molar-refractivity contribution is 7.92. The van der Waals surface area contributed by atoms with Crippen molar-refractivity contribution in [2.75, 3.05) is 42.9 Å². The number of sulfonamides is 1. The maximum absolute atomic E-state index is 12.9. The van der Waals surface area contributed by atoms with Gasteiger partial charge in [-0.05, 0) is 67.8 Å². The molecule has 0 radical (unpaired) electrons. The Kier molecular flexibility index (Phi) is 7.89. The summed E-state index contributed by atoms with van der Waals surface area (Å²) in [5, 5.41) is 10.3. The van der Waals surface area contributed by atoms with E-state index in [1.165, 1.54) is 25.3 Å². The topological polar surface area (TPSA) is 112 Å². The molecular formula is C27H34N4O5S. The van der Waals surface area contributed by atoms with Crippen LogP contribution in [0.15, 0.2) is 53.4 Å². The summed E-state index contributed by atoms with van der Waals surface area (Å²) >= 11 is 0. The zero-order valence-electron chi connectivity index (χ0n) is 21.6. The van der Waals surface area contributed by atoms with Crippen molar-refractivity contribution < 1.29 is 23.1 Å². The second-order valence-corrected chi connectivity index (χ2v) is 11.5. The number of nitrogens with zero attached hydrogens (tertiary/aromatic N) is 3. The summed E-state index contributed by atoms with van der Waals surface area (Å²) in [5.41, 5.74) is 0.840. The summed E-state index contributed by atoms with van der Waals surface area (Å²) in [6.07, 6.45) is 1.14. The number of aromatic carboxylic acids is 1. The van der Waals surface area contributed by atoms with E-state index in [0.717, 1.165) is 32.6 Å². The number of fused-ring (bicyclic) bond motifs is 1.